The van der Waals surface area contributed by atoms with Crippen molar-refractivity contribution in [1.82, 2.24) is 5.32 Å². The Bertz CT molecular complexity index is 325. The summed E-state index contributed by atoms with van der Waals surface area (Å²) in [6, 6.07) is 2.32. The van der Waals surface area contributed by atoms with Crippen LogP contribution in [0.25, 0.3) is 0 Å². The predicted molar refractivity (Wildman–Crippen MR) is 74.1 cm³/mol. The molecule has 0 saturated carbocycles. The molecule has 92 valence electrons. The van der Waals surface area contributed by atoms with E-state index in [2.05, 4.69) is 53.5 Å². The van der Waals surface area contributed by atoms with E-state index in [4.69, 9.17) is 4.74 Å². The minimum Gasteiger partial charge on any atom is -0.374 e. The van der Waals surface area contributed by atoms with Crippen molar-refractivity contribution < 1.29 is 4.74 Å². The fourth-order valence-electron chi connectivity index (χ4n) is 1.83. The van der Waals surface area contributed by atoms with Crippen LogP contribution in [0.1, 0.15) is 38.6 Å². The highest BCUT2D eigenvalue weighted by Gasteiger charge is 2.32. The van der Waals surface area contributed by atoms with Crippen LogP contribution in [0.4, 0.5) is 0 Å². The molecule has 1 heterocycles. The lowest BCUT2D eigenvalue weighted by Crippen LogP contribution is -2.41. The van der Waals surface area contributed by atoms with Gasteiger partial charge in [-0.05, 0) is 54.7 Å². The number of halogens is 1. The topological polar surface area (TPSA) is 21.3 Å². The molecule has 0 radical (unpaired) electrons. The molecule has 1 atom stereocenters. The highest BCUT2D eigenvalue weighted by molar-refractivity contribution is 9.10. The molecule has 1 N–H and O–H groups in total. The summed E-state index contributed by atoms with van der Waals surface area (Å²) in [4.78, 5) is 1.31. The highest BCUT2D eigenvalue weighted by atomic mass is 79.9. The number of thiophene rings is 1. The van der Waals surface area contributed by atoms with Gasteiger partial charge in [-0.2, -0.15) is 0 Å². The second-order valence-corrected chi connectivity index (χ2v) is 5.96. The molecule has 0 aliphatic heterocycles. The number of hydrogen-bond acceptors (Lipinski definition) is 3. The average Bonchev–Trinajstić information content (AvgIpc) is 2.60. The predicted octanol–water partition coefficient (Wildman–Crippen LogP) is 3.98. The van der Waals surface area contributed by atoms with Crippen molar-refractivity contribution in [3.05, 3.63) is 20.8 Å². The summed E-state index contributed by atoms with van der Waals surface area (Å²) in [5.41, 5.74) is -0.196. The molecule has 1 aromatic rings. The van der Waals surface area contributed by atoms with Gasteiger partial charge in [0.2, 0.25) is 0 Å². The largest absolute Gasteiger partial charge is 0.374 e. The van der Waals surface area contributed by atoms with Gasteiger partial charge in [0.1, 0.15) is 0 Å². The molecule has 16 heavy (non-hydrogen) atoms. The molecular weight excluding hydrogens is 286 g/mol. The zero-order valence-corrected chi connectivity index (χ0v) is 12.7. The van der Waals surface area contributed by atoms with Crippen LogP contribution < -0.4 is 5.32 Å². The fourth-order valence-corrected chi connectivity index (χ4v) is 3.68. The third kappa shape index (κ3) is 3.29. The Balaban J connectivity index is 2.95. The van der Waals surface area contributed by atoms with Crippen LogP contribution >= 0.6 is 27.3 Å². The molecule has 0 aliphatic carbocycles. The van der Waals surface area contributed by atoms with Gasteiger partial charge in [0.25, 0.3) is 0 Å². The van der Waals surface area contributed by atoms with Crippen molar-refractivity contribution in [2.45, 2.75) is 39.3 Å². The molecule has 0 saturated heterocycles. The Labute approximate surface area is 111 Å². The summed E-state index contributed by atoms with van der Waals surface area (Å²) in [6.45, 7) is 10.1. The van der Waals surface area contributed by atoms with Gasteiger partial charge in [-0.3, -0.25) is 0 Å². The van der Waals surface area contributed by atoms with Crippen molar-refractivity contribution in [3.63, 3.8) is 0 Å². The van der Waals surface area contributed by atoms with E-state index in [1.807, 2.05) is 6.92 Å². The van der Waals surface area contributed by atoms with Crippen LogP contribution in [0.5, 0.6) is 0 Å². The first kappa shape index (κ1) is 14.2. The minimum absolute atomic E-state index is 0.196. The number of hydrogen-bond donors (Lipinski definition) is 1. The maximum absolute atomic E-state index is 5.85. The molecule has 0 spiro atoms. The molecule has 0 aliphatic rings. The van der Waals surface area contributed by atoms with Crippen LogP contribution in [0.15, 0.2) is 15.9 Å². The Hall–Kier alpha value is 0.1000. The summed E-state index contributed by atoms with van der Waals surface area (Å²) < 4.78 is 7.01. The van der Waals surface area contributed by atoms with Crippen LogP contribution in [-0.4, -0.2) is 18.8 Å². The zero-order valence-electron chi connectivity index (χ0n) is 10.3. The van der Waals surface area contributed by atoms with E-state index in [1.165, 1.54) is 4.88 Å². The van der Waals surface area contributed by atoms with Crippen molar-refractivity contribution in [2.24, 2.45) is 0 Å². The Morgan fingerprint density at radius 1 is 1.50 bits per heavy atom. The van der Waals surface area contributed by atoms with Gasteiger partial charge in [0.05, 0.1) is 11.6 Å². The number of rotatable bonds is 6. The van der Waals surface area contributed by atoms with E-state index in [9.17, 15) is 0 Å². The van der Waals surface area contributed by atoms with Crippen LogP contribution in [-0.2, 0) is 4.74 Å². The molecule has 1 aromatic heterocycles. The molecule has 1 rings (SSSR count). The van der Waals surface area contributed by atoms with Gasteiger partial charge in [-0.25, -0.2) is 0 Å². The number of ether oxygens (including phenoxy) is 1. The molecule has 4 heteroatoms. The summed E-state index contributed by atoms with van der Waals surface area (Å²) >= 11 is 5.36. The Kier molecular flexibility index (Phi) is 5.44. The summed E-state index contributed by atoms with van der Waals surface area (Å²) in [6.07, 6.45) is 0. The number of likely N-dealkylation sites (N-methyl/N-ethyl adjacent to an activating group) is 1. The van der Waals surface area contributed by atoms with E-state index in [-0.39, 0.29) is 11.6 Å². The average molecular weight is 306 g/mol. The third-order valence-corrected chi connectivity index (χ3v) is 4.46. The Morgan fingerprint density at radius 3 is 2.62 bits per heavy atom. The second kappa shape index (κ2) is 6.15. The molecular formula is C12H20BrNOS. The molecule has 2 nitrogen and oxygen atoms in total. The molecule has 0 bridgehead atoms. The second-order valence-electron chi connectivity index (χ2n) is 4.16. The first-order valence-electron chi connectivity index (χ1n) is 5.63. The van der Waals surface area contributed by atoms with E-state index < -0.39 is 0 Å². The van der Waals surface area contributed by atoms with Gasteiger partial charge in [0.15, 0.2) is 0 Å². The lowest BCUT2D eigenvalue weighted by Gasteiger charge is -2.34. The van der Waals surface area contributed by atoms with Crippen LogP contribution in [0.2, 0.25) is 0 Å². The van der Waals surface area contributed by atoms with E-state index in [0.717, 1.165) is 17.6 Å². The van der Waals surface area contributed by atoms with Gasteiger partial charge < -0.3 is 10.1 Å². The monoisotopic (exact) mass is 305 g/mol. The first-order valence-corrected chi connectivity index (χ1v) is 7.30. The zero-order chi connectivity index (χ0) is 12.2. The van der Waals surface area contributed by atoms with E-state index >= 15 is 0 Å². The maximum Gasteiger partial charge on any atom is 0.0828 e. The molecule has 1 unspecified atom stereocenters. The van der Waals surface area contributed by atoms with Gasteiger partial charge in [-0.1, -0.05) is 6.92 Å². The molecule has 0 fully saturated rings. The Morgan fingerprint density at radius 2 is 2.19 bits per heavy atom. The van der Waals surface area contributed by atoms with Crippen molar-refractivity contribution in [2.75, 3.05) is 13.2 Å². The van der Waals surface area contributed by atoms with Crippen molar-refractivity contribution in [3.8, 4) is 0 Å². The van der Waals surface area contributed by atoms with Crippen LogP contribution in [0, 0.1) is 0 Å². The fraction of sp³-hybridized carbons (Fsp3) is 0.667. The maximum atomic E-state index is 5.85. The molecule has 0 amide bonds. The quantitative estimate of drug-likeness (QED) is 0.858. The van der Waals surface area contributed by atoms with Crippen molar-refractivity contribution >= 4 is 27.3 Å². The third-order valence-electron chi connectivity index (χ3n) is 2.53. The van der Waals surface area contributed by atoms with Crippen molar-refractivity contribution in [1.29, 1.82) is 0 Å². The van der Waals surface area contributed by atoms with Gasteiger partial charge >= 0.3 is 0 Å². The smallest absolute Gasteiger partial charge is 0.0828 e. The summed E-state index contributed by atoms with van der Waals surface area (Å²) in [7, 11) is 0. The standard InChI is InChI=1S/C12H20BrNOS/c1-5-14-11(12(3,4)15-6-2)10-9(13)7-8-16-10/h7-8,11,14H,5-6H2,1-4H3. The lowest BCUT2D eigenvalue weighted by molar-refractivity contribution is -0.0381. The number of nitrogens with one attached hydrogen (secondary N) is 1. The molecule has 0 aromatic carbocycles. The summed E-state index contributed by atoms with van der Waals surface area (Å²) in [5, 5.41) is 5.61. The first-order chi connectivity index (χ1) is 7.53. The van der Waals surface area contributed by atoms with Crippen LogP contribution in [0.3, 0.4) is 0 Å². The van der Waals surface area contributed by atoms with Gasteiger partial charge in [-0.15, -0.1) is 11.3 Å². The summed E-state index contributed by atoms with van der Waals surface area (Å²) in [5.74, 6) is 0. The normalized spacial score (nSPS) is 14.1. The SMILES string of the molecule is CCNC(c1sccc1Br)C(C)(C)OCC. The minimum atomic E-state index is -0.196. The van der Waals surface area contributed by atoms with Gasteiger partial charge in [0, 0.05) is 16.0 Å². The lowest BCUT2D eigenvalue weighted by atomic mass is 9.97. The van der Waals surface area contributed by atoms with E-state index in [0.29, 0.717) is 0 Å². The highest BCUT2D eigenvalue weighted by Crippen LogP contribution is 2.36. The van der Waals surface area contributed by atoms with E-state index in [1.54, 1.807) is 11.3 Å².